The van der Waals surface area contributed by atoms with Gasteiger partial charge in [-0.2, -0.15) is 0 Å². The van der Waals surface area contributed by atoms with E-state index < -0.39 is 0 Å². The largest absolute Gasteiger partial charge is 0.221 e. The Labute approximate surface area is 33.5 Å². The van der Waals surface area contributed by atoms with Crippen molar-refractivity contribution in [1.82, 2.24) is 0 Å². The van der Waals surface area contributed by atoms with E-state index in [1.54, 1.807) is 0 Å². The van der Waals surface area contributed by atoms with Gasteiger partial charge in [-0.25, -0.2) is 10.5 Å². The van der Waals surface area contributed by atoms with Gasteiger partial charge in [0.05, 0.1) is 0 Å². The second-order valence-corrected chi connectivity index (χ2v) is 0.0816. The predicted octanol–water partition coefficient (Wildman–Crippen LogP) is -0.0535. The summed E-state index contributed by atoms with van der Waals surface area (Å²) in [6.45, 7) is 0. The van der Waals surface area contributed by atoms with E-state index in [1.165, 1.54) is 0 Å². The maximum absolute atomic E-state index is 6.62. The minimum atomic E-state index is 0. The Hall–Kier alpha value is 0.399. The van der Waals surface area contributed by atoms with Crippen molar-refractivity contribution >= 4 is 0 Å². The van der Waals surface area contributed by atoms with Crippen molar-refractivity contribution in [2.75, 3.05) is 0 Å². The zero-order valence-corrected chi connectivity index (χ0v) is 2.55. The molecule has 2 N–H and O–H groups in total. The molecule has 4 heavy (non-hydrogen) atoms. The molecule has 0 amide bonds. The number of hydrogen-bond donors (Lipinski definition) is 2. The van der Waals surface area contributed by atoms with Crippen molar-refractivity contribution in [3.8, 4) is 0 Å². The monoisotopic (exact) mass is 113 g/mol. The molecule has 0 saturated carbocycles. The van der Waals surface area contributed by atoms with Crippen LogP contribution in [-0.4, -0.2) is 10.5 Å². The zero-order valence-electron chi connectivity index (χ0n) is 1.60. The Bertz CT molecular complexity index is 3.25. The molecule has 0 spiro atoms. The van der Waals surface area contributed by atoms with Crippen molar-refractivity contribution in [3.05, 3.63) is 0 Å². The first-order valence-electron chi connectivity index (χ1n) is 0.365. The van der Waals surface area contributed by atoms with E-state index in [0.717, 1.165) is 0 Å². The molecule has 0 aliphatic rings. The predicted molar refractivity (Wildman–Crippen MR) is 6.34 cm³/mol. The van der Waals surface area contributed by atoms with Crippen molar-refractivity contribution in [3.63, 3.8) is 0 Å². The maximum atomic E-state index is 6.62. The van der Waals surface area contributed by atoms with Gasteiger partial charge in [-0.05, 0) is 0 Å². The van der Waals surface area contributed by atoms with Crippen LogP contribution in [0.3, 0.4) is 0 Å². The maximum Gasteiger partial charge on any atom is 0 e. The summed E-state index contributed by atoms with van der Waals surface area (Å²) >= 11 is 0. The summed E-state index contributed by atoms with van der Waals surface area (Å²) < 4.78 is 0. The molecular weight excluding hydrogens is 112 g/mol. The third kappa shape index (κ3) is 29.4. The van der Waals surface area contributed by atoms with Gasteiger partial charge in [0.2, 0.25) is 0 Å². The van der Waals surface area contributed by atoms with E-state index in [-0.39, 0.29) is 17.1 Å². The summed E-state index contributed by atoms with van der Waals surface area (Å²) in [6.07, 6.45) is 0. The molecule has 0 unspecified atom stereocenters. The Morgan fingerprint density at radius 1 is 1.25 bits per heavy atom. The first-order valence-corrected chi connectivity index (χ1v) is 0.365. The van der Waals surface area contributed by atoms with E-state index >= 15 is 0 Å². The van der Waals surface area contributed by atoms with Crippen LogP contribution in [0.4, 0.5) is 0 Å². The quantitative estimate of drug-likeness (QED) is 0.263. The summed E-state index contributed by atoms with van der Waals surface area (Å²) in [5.74, 6) is 0. The van der Waals surface area contributed by atoms with Gasteiger partial charge in [0.25, 0.3) is 0 Å². The van der Waals surface area contributed by atoms with E-state index in [1.807, 2.05) is 0 Å². The fourth-order valence-corrected chi connectivity index (χ4v) is 0. The van der Waals surface area contributed by atoms with Crippen LogP contribution < -0.4 is 0 Å². The van der Waals surface area contributed by atoms with Crippen LogP contribution in [-0.2, 0) is 22.1 Å². The van der Waals surface area contributed by atoms with Gasteiger partial charge in [0.15, 0.2) is 0 Å². The van der Waals surface area contributed by atoms with Crippen LogP contribution in [0, 0.1) is 0 Å². The van der Waals surface area contributed by atoms with Gasteiger partial charge < -0.3 is 0 Å². The van der Waals surface area contributed by atoms with E-state index in [9.17, 15) is 0 Å². The third-order valence-corrected chi connectivity index (χ3v) is 0. The van der Waals surface area contributed by atoms with Gasteiger partial charge in [0.1, 0.15) is 0 Å². The molecule has 3 nitrogen and oxygen atoms in total. The molecule has 4 heteroatoms. The van der Waals surface area contributed by atoms with Gasteiger partial charge >= 0.3 is 0 Å². The second kappa shape index (κ2) is 9.99. The fraction of sp³-hybridized carbons (Fsp3) is 0. The van der Waals surface area contributed by atoms with Gasteiger partial charge in [0, 0.05) is 17.1 Å². The molecule has 31 valence electrons. The minimum Gasteiger partial charge on any atom is -0.221 e. The average Bonchev–Trinajstić information content (AvgIpc) is 0.918. The smallest absolute Gasteiger partial charge is 0 e. The van der Waals surface area contributed by atoms with Crippen molar-refractivity contribution in [2.45, 2.75) is 0 Å². The van der Waals surface area contributed by atoms with Crippen LogP contribution in [0.2, 0.25) is 0 Å². The standard InChI is InChI=1S/Cu.H2O3/c;1-3-2/h;1-2H. The van der Waals surface area contributed by atoms with Crippen molar-refractivity contribution in [1.29, 1.82) is 0 Å². The SMILES string of the molecule is OOO.[Cu]. The summed E-state index contributed by atoms with van der Waals surface area (Å²) in [5.41, 5.74) is 0. The molecule has 0 aromatic rings. The molecule has 0 aromatic carbocycles. The normalized spacial score (nSPS) is 4.50. The summed E-state index contributed by atoms with van der Waals surface area (Å²) in [5, 5.41) is 15.5. The van der Waals surface area contributed by atoms with Crippen molar-refractivity contribution < 1.29 is 32.6 Å². The van der Waals surface area contributed by atoms with Gasteiger partial charge in [-0.3, -0.25) is 0 Å². The van der Waals surface area contributed by atoms with Crippen LogP contribution >= 0.6 is 0 Å². The average molecular weight is 114 g/mol. The van der Waals surface area contributed by atoms with E-state index in [2.05, 4.69) is 5.04 Å². The van der Waals surface area contributed by atoms with Gasteiger partial charge in [-0.1, -0.05) is 5.04 Å². The van der Waals surface area contributed by atoms with Crippen molar-refractivity contribution in [2.24, 2.45) is 0 Å². The molecule has 1 radical (unpaired) electrons. The molecule has 0 aliphatic heterocycles. The summed E-state index contributed by atoms with van der Waals surface area (Å²) in [4.78, 5) is 0. The number of hydrogen-bond acceptors (Lipinski definition) is 3. The van der Waals surface area contributed by atoms with Crippen LogP contribution in [0.1, 0.15) is 0 Å². The third-order valence-electron chi connectivity index (χ3n) is 0. The first kappa shape index (κ1) is 8.83. The molecule has 0 fully saturated rings. The molecular formula is H2CuO3. The zero-order chi connectivity index (χ0) is 2.71. The molecule has 0 aliphatic carbocycles. The molecule has 0 rings (SSSR count). The molecule has 0 saturated heterocycles. The van der Waals surface area contributed by atoms with E-state index in [0.29, 0.717) is 0 Å². The Balaban J connectivity index is 0. The second-order valence-electron chi connectivity index (χ2n) is 0.0816. The van der Waals surface area contributed by atoms with Crippen LogP contribution in [0.15, 0.2) is 0 Å². The Kier molecular flexibility index (Phi) is 22.1. The minimum absolute atomic E-state index is 0. The van der Waals surface area contributed by atoms with Crippen LogP contribution in [0.25, 0.3) is 0 Å². The molecule has 0 aromatic heterocycles. The Morgan fingerprint density at radius 2 is 1.25 bits per heavy atom. The summed E-state index contributed by atoms with van der Waals surface area (Å²) in [6, 6.07) is 0. The topological polar surface area (TPSA) is 49.7 Å². The first-order chi connectivity index (χ1) is 1.41. The van der Waals surface area contributed by atoms with E-state index in [4.69, 9.17) is 10.5 Å². The number of rotatable bonds is 0. The molecule has 0 bridgehead atoms. The molecule has 0 heterocycles. The molecule has 0 atom stereocenters. The Morgan fingerprint density at radius 3 is 1.25 bits per heavy atom. The summed E-state index contributed by atoms with van der Waals surface area (Å²) in [7, 11) is 0. The van der Waals surface area contributed by atoms with Crippen LogP contribution in [0.5, 0.6) is 0 Å². The fourth-order valence-electron chi connectivity index (χ4n) is 0. The van der Waals surface area contributed by atoms with Gasteiger partial charge in [-0.15, -0.1) is 0 Å².